The minimum atomic E-state index is -0.310. The topological polar surface area (TPSA) is 66.6 Å². The third-order valence-electron chi connectivity index (χ3n) is 3.43. The van der Waals surface area contributed by atoms with Gasteiger partial charge in [-0.25, -0.2) is 4.39 Å². The Balaban J connectivity index is 1.85. The molecule has 108 valence electrons. The molecule has 20 heavy (non-hydrogen) atoms. The van der Waals surface area contributed by atoms with E-state index >= 15 is 0 Å². The molecule has 0 unspecified atom stereocenters. The first-order valence-electron chi connectivity index (χ1n) is 6.60. The number of halogens is 1. The van der Waals surface area contributed by atoms with Crippen LogP contribution in [0.4, 0.5) is 4.39 Å². The van der Waals surface area contributed by atoms with Crippen LogP contribution in [0.1, 0.15) is 5.56 Å². The van der Waals surface area contributed by atoms with Gasteiger partial charge in [0.1, 0.15) is 5.82 Å². The largest absolute Gasteiger partial charge is 0.339 e. The van der Waals surface area contributed by atoms with Crippen LogP contribution in [-0.2, 0) is 16.0 Å². The Morgan fingerprint density at radius 3 is 2.00 bits per heavy atom. The Bertz CT molecular complexity index is 482. The van der Waals surface area contributed by atoms with Crippen LogP contribution >= 0.6 is 0 Å². The van der Waals surface area contributed by atoms with Gasteiger partial charge in [0, 0.05) is 26.2 Å². The van der Waals surface area contributed by atoms with E-state index in [1.54, 1.807) is 21.9 Å². The van der Waals surface area contributed by atoms with E-state index in [0.29, 0.717) is 26.2 Å². The third-order valence-corrected chi connectivity index (χ3v) is 3.43. The second kappa shape index (κ2) is 6.47. The SMILES string of the molecule is NCC(=O)N1CCN(C(=O)Cc2ccc(F)cc2)CC1. The van der Waals surface area contributed by atoms with Gasteiger partial charge in [-0.15, -0.1) is 0 Å². The van der Waals surface area contributed by atoms with Crippen molar-refractivity contribution in [2.24, 2.45) is 5.73 Å². The molecule has 1 heterocycles. The van der Waals surface area contributed by atoms with Crippen LogP contribution in [0.15, 0.2) is 24.3 Å². The van der Waals surface area contributed by atoms with Crippen LogP contribution in [0, 0.1) is 5.82 Å². The molecule has 1 aromatic rings. The number of benzene rings is 1. The van der Waals surface area contributed by atoms with E-state index in [1.165, 1.54) is 12.1 Å². The molecular formula is C14H18FN3O2. The lowest BCUT2D eigenvalue weighted by Gasteiger charge is -2.34. The molecule has 0 spiro atoms. The molecule has 0 aromatic heterocycles. The van der Waals surface area contributed by atoms with E-state index in [1.807, 2.05) is 0 Å². The van der Waals surface area contributed by atoms with Crippen LogP contribution in [0.3, 0.4) is 0 Å². The van der Waals surface area contributed by atoms with Crippen LogP contribution in [-0.4, -0.2) is 54.3 Å². The van der Waals surface area contributed by atoms with E-state index in [4.69, 9.17) is 5.73 Å². The fraction of sp³-hybridized carbons (Fsp3) is 0.429. The summed E-state index contributed by atoms with van der Waals surface area (Å²) in [6.07, 6.45) is 0.255. The lowest BCUT2D eigenvalue weighted by atomic mass is 10.1. The van der Waals surface area contributed by atoms with Crippen molar-refractivity contribution < 1.29 is 14.0 Å². The Kier molecular flexibility index (Phi) is 4.68. The van der Waals surface area contributed by atoms with Crippen LogP contribution in [0.5, 0.6) is 0 Å². The van der Waals surface area contributed by atoms with Crippen molar-refractivity contribution in [1.29, 1.82) is 0 Å². The standard InChI is InChI=1S/C14H18FN3O2/c15-12-3-1-11(2-4-12)9-13(19)17-5-7-18(8-6-17)14(20)10-16/h1-4H,5-10,16H2. The molecule has 0 bridgehead atoms. The second-order valence-electron chi connectivity index (χ2n) is 4.77. The summed E-state index contributed by atoms with van der Waals surface area (Å²) in [4.78, 5) is 26.9. The number of hydrogen-bond acceptors (Lipinski definition) is 3. The predicted octanol–water partition coefficient (Wildman–Crippen LogP) is -0.00230. The maximum Gasteiger partial charge on any atom is 0.236 e. The monoisotopic (exact) mass is 279 g/mol. The Labute approximate surface area is 117 Å². The molecule has 1 aromatic carbocycles. The Morgan fingerprint density at radius 1 is 1.00 bits per heavy atom. The third kappa shape index (κ3) is 3.54. The summed E-state index contributed by atoms with van der Waals surface area (Å²) >= 11 is 0. The highest BCUT2D eigenvalue weighted by atomic mass is 19.1. The highest BCUT2D eigenvalue weighted by molar-refractivity contribution is 5.80. The number of carbonyl (C=O) groups is 2. The fourth-order valence-electron chi connectivity index (χ4n) is 2.22. The first kappa shape index (κ1) is 14.5. The highest BCUT2D eigenvalue weighted by Gasteiger charge is 2.23. The maximum atomic E-state index is 12.8. The average Bonchev–Trinajstić information content (AvgIpc) is 2.49. The van der Waals surface area contributed by atoms with E-state index in [9.17, 15) is 14.0 Å². The summed E-state index contributed by atoms with van der Waals surface area (Å²) in [5.74, 6) is -0.401. The number of nitrogens with zero attached hydrogens (tertiary/aromatic N) is 2. The van der Waals surface area contributed by atoms with Crippen molar-refractivity contribution in [3.05, 3.63) is 35.6 Å². The van der Waals surface area contributed by atoms with Gasteiger partial charge in [0.25, 0.3) is 0 Å². The van der Waals surface area contributed by atoms with Crippen molar-refractivity contribution in [2.75, 3.05) is 32.7 Å². The van der Waals surface area contributed by atoms with Gasteiger partial charge in [-0.05, 0) is 17.7 Å². The Morgan fingerprint density at radius 2 is 1.50 bits per heavy atom. The number of rotatable bonds is 3. The summed E-state index contributed by atoms with van der Waals surface area (Å²) in [5.41, 5.74) is 6.10. The number of amides is 2. The number of carbonyl (C=O) groups excluding carboxylic acids is 2. The zero-order valence-electron chi connectivity index (χ0n) is 11.2. The van der Waals surface area contributed by atoms with Crippen LogP contribution in [0.25, 0.3) is 0 Å². The number of piperazine rings is 1. The van der Waals surface area contributed by atoms with Gasteiger partial charge in [-0.2, -0.15) is 0 Å². The first-order valence-corrected chi connectivity index (χ1v) is 6.60. The van der Waals surface area contributed by atoms with Crippen molar-refractivity contribution >= 4 is 11.8 Å². The molecule has 1 aliphatic rings. The van der Waals surface area contributed by atoms with Gasteiger partial charge in [0.2, 0.25) is 11.8 Å². The lowest BCUT2D eigenvalue weighted by Crippen LogP contribution is -2.52. The van der Waals surface area contributed by atoms with Crippen LogP contribution < -0.4 is 5.73 Å². The summed E-state index contributed by atoms with van der Waals surface area (Å²) < 4.78 is 12.8. The summed E-state index contributed by atoms with van der Waals surface area (Å²) in [5, 5.41) is 0. The van der Waals surface area contributed by atoms with Crippen molar-refractivity contribution in [3.8, 4) is 0 Å². The predicted molar refractivity (Wildman–Crippen MR) is 72.3 cm³/mol. The summed E-state index contributed by atoms with van der Waals surface area (Å²) in [7, 11) is 0. The fourth-order valence-corrected chi connectivity index (χ4v) is 2.22. The molecule has 1 aliphatic heterocycles. The molecular weight excluding hydrogens is 261 g/mol. The van der Waals surface area contributed by atoms with Crippen LogP contribution in [0.2, 0.25) is 0 Å². The quantitative estimate of drug-likeness (QED) is 0.847. The smallest absolute Gasteiger partial charge is 0.236 e. The van der Waals surface area contributed by atoms with Gasteiger partial charge in [0.05, 0.1) is 13.0 Å². The highest BCUT2D eigenvalue weighted by Crippen LogP contribution is 2.08. The average molecular weight is 279 g/mol. The second-order valence-corrected chi connectivity index (χ2v) is 4.77. The molecule has 5 nitrogen and oxygen atoms in total. The van der Waals surface area contributed by atoms with Crippen molar-refractivity contribution in [3.63, 3.8) is 0 Å². The van der Waals surface area contributed by atoms with E-state index in [-0.39, 0.29) is 30.6 Å². The molecule has 0 radical (unpaired) electrons. The van der Waals surface area contributed by atoms with Gasteiger partial charge in [-0.3, -0.25) is 9.59 Å². The van der Waals surface area contributed by atoms with E-state index in [0.717, 1.165) is 5.56 Å². The van der Waals surface area contributed by atoms with E-state index < -0.39 is 0 Å². The normalized spacial score (nSPS) is 15.3. The lowest BCUT2D eigenvalue weighted by molar-refractivity contribution is -0.138. The molecule has 2 N–H and O–H groups in total. The molecule has 2 amide bonds. The summed E-state index contributed by atoms with van der Waals surface area (Å²) in [6.45, 7) is 2.08. The van der Waals surface area contributed by atoms with Crippen molar-refractivity contribution in [2.45, 2.75) is 6.42 Å². The van der Waals surface area contributed by atoms with Gasteiger partial charge < -0.3 is 15.5 Å². The van der Waals surface area contributed by atoms with Gasteiger partial charge in [-0.1, -0.05) is 12.1 Å². The first-order chi connectivity index (χ1) is 9.60. The minimum absolute atomic E-state index is 0.00328. The maximum absolute atomic E-state index is 12.8. The van der Waals surface area contributed by atoms with Gasteiger partial charge >= 0.3 is 0 Å². The molecule has 2 rings (SSSR count). The zero-order chi connectivity index (χ0) is 14.5. The molecule has 0 aliphatic carbocycles. The zero-order valence-corrected chi connectivity index (χ0v) is 11.2. The molecule has 1 saturated heterocycles. The number of nitrogens with two attached hydrogens (primary N) is 1. The van der Waals surface area contributed by atoms with Gasteiger partial charge in [0.15, 0.2) is 0 Å². The van der Waals surface area contributed by atoms with E-state index in [2.05, 4.69) is 0 Å². The molecule has 0 atom stereocenters. The summed E-state index contributed by atoms with van der Waals surface area (Å²) in [6, 6.07) is 5.92. The molecule has 1 fully saturated rings. The molecule has 0 saturated carbocycles. The van der Waals surface area contributed by atoms with Crippen molar-refractivity contribution in [1.82, 2.24) is 9.80 Å². The Hall–Kier alpha value is -1.95. The minimum Gasteiger partial charge on any atom is -0.339 e. The number of hydrogen-bond donors (Lipinski definition) is 1. The molecule has 6 heteroatoms.